The molecular weight excluding hydrogens is 260 g/mol. The van der Waals surface area contributed by atoms with Gasteiger partial charge in [-0.3, -0.25) is 0 Å². The van der Waals surface area contributed by atoms with Crippen LogP contribution in [-0.2, 0) is 0 Å². The second-order valence-electron chi connectivity index (χ2n) is 3.75. The first-order valence-electron chi connectivity index (χ1n) is 4.99. The molecular formula is C13H6Cl2FN. The maximum atomic E-state index is 13.2. The van der Waals surface area contributed by atoms with Crippen molar-refractivity contribution in [1.29, 1.82) is 0 Å². The van der Waals surface area contributed by atoms with Crippen molar-refractivity contribution in [2.24, 2.45) is 0 Å². The summed E-state index contributed by atoms with van der Waals surface area (Å²) >= 11 is 12.2. The number of pyridine rings is 1. The average molecular weight is 266 g/mol. The smallest absolute Gasteiger partial charge is 0.124 e. The minimum atomic E-state index is -0.325. The summed E-state index contributed by atoms with van der Waals surface area (Å²) in [5, 5.41) is 2.49. The number of fused-ring (bicyclic) bond motifs is 2. The van der Waals surface area contributed by atoms with Crippen LogP contribution in [0.4, 0.5) is 4.39 Å². The molecule has 0 fully saturated rings. The summed E-state index contributed by atoms with van der Waals surface area (Å²) in [6, 6.07) is 9.63. The van der Waals surface area contributed by atoms with E-state index in [4.69, 9.17) is 23.2 Å². The van der Waals surface area contributed by atoms with Gasteiger partial charge in [0, 0.05) is 15.8 Å². The average Bonchev–Trinajstić information content (AvgIpc) is 2.30. The van der Waals surface area contributed by atoms with E-state index in [0.717, 1.165) is 5.39 Å². The van der Waals surface area contributed by atoms with Crippen LogP contribution in [0.25, 0.3) is 21.8 Å². The van der Waals surface area contributed by atoms with Gasteiger partial charge in [-0.1, -0.05) is 23.2 Å². The van der Waals surface area contributed by atoms with Crippen LogP contribution in [0.3, 0.4) is 0 Å². The van der Waals surface area contributed by atoms with Gasteiger partial charge in [0.15, 0.2) is 0 Å². The molecule has 2 aromatic carbocycles. The standard InChI is InChI=1S/C13H6Cl2FN/c14-7-1-3-9-12(5-7)17-11-4-2-8(16)6-10(11)13(9)15/h1-6H. The quantitative estimate of drug-likeness (QED) is 0.531. The van der Waals surface area contributed by atoms with E-state index in [1.165, 1.54) is 12.1 Å². The van der Waals surface area contributed by atoms with Crippen molar-refractivity contribution in [2.75, 3.05) is 0 Å². The molecule has 1 aromatic heterocycles. The maximum Gasteiger partial charge on any atom is 0.124 e. The van der Waals surface area contributed by atoms with Crippen molar-refractivity contribution in [3.63, 3.8) is 0 Å². The SMILES string of the molecule is Fc1ccc2nc3cc(Cl)ccc3c(Cl)c2c1. The second-order valence-corrected chi connectivity index (χ2v) is 4.56. The highest BCUT2D eigenvalue weighted by molar-refractivity contribution is 6.40. The summed E-state index contributed by atoms with van der Waals surface area (Å²) in [6.45, 7) is 0. The number of aromatic nitrogens is 1. The summed E-state index contributed by atoms with van der Waals surface area (Å²) in [7, 11) is 0. The van der Waals surface area contributed by atoms with Gasteiger partial charge in [0.25, 0.3) is 0 Å². The Morgan fingerprint density at radius 2 is 1.71 bits per heavy atom. The van der Waals surface area contributed by atoms with Crippen molar-refractivity contribution >= 4 is 45.0 Å². The third-order valence-corrected chi connectivity index (χ3v) is 3.27. The number of hydrogen-bond acceptors (Lipinski definition) is 1. The lowest BCUT2D eigenvalue weighted by atomic mass is 10.1. The molecule has 0 radical (unpaired) electrons. The van der Waals surface area contributed by atoms with Crippen LogP contribution >= 0.6 is 23.2 Å². The Bertz CT molecular complexity index is 740. The molecule has 0 amide bonds. The molecule has 1 heterocycles. The van der Waals surface area contributed by atoms with Crippen molar-refractivity contribution in [3.8, 4) is 0 Å². The van der Waals surface area contributed by atoms with Crippen LogP contribution in [0.5, 0.6) is 0 Å². The zero-order valence-electron chi connectivity index (χ0n) is 8.55. The molecule has 0 unspecified atom stereocenters. The van der Waals surface area contributed by atoms with E-state index in [0.29, 0.717) is 26.5 Å². The summed E-state index contributed by atoms with van der Waals surface area (Å²) < 4.78 is 13.2. The fourth-order valence-electron chi connectivity index (χ4n) is 1.84. The van der Waals surface area contributed by atoms with Crippen LogP contribution in [-0.4, -0.2) is 4.98 Å². The van der Waals surface area contributed by atoms with E-state index in [-0.39, 0.29) is 5.82 Å². The molecule has 0 aliphatic heterocycles. The summed E-state index contributed by atoms with van der Waals surface area (Å²) in [4.78, 5) is 4.40. The van der Waals surface area contributed by atoms with E-state index >= 15 is 0 Å². The zero-order valence-corrected chi connectivity index (χ0v) is 10.1. The number of halogens is 3. The van der Waals surface area contributed by atoms with Crippen molar-refractivity contribution in [1.82, 2.24) is 4.98 Å². The predicted molar refractivity (Wildman–Crippen MR) is 69.2 cm³/mol. The molecule has 0 atom stereocenters. The minimum Gasteiger partial charge on any atom is -0.248 e. The van der Waals surface area contributed by atoms with E-state index < -0.39 is 0 Å². The Kier molecular flexibility index (Phi) is 2.42. The molecule has 0 spiro atoms. The van der Waals surface area contributed by atoms with E-state index in [1.807, 2.05) is 0 Å². The van der Waals surface area contributed by atoms with Crippen LogP contribution < -0.4 is 0 Å². The van der Waals surface area contributed by atoms with Gasteiger partial charge in [-0.05, 0) is 36.4 Å². The Balaban J connectivity index is 2.52. The van der Waals surface area contributed by atoms with E-state index in [1.54, 1.807) is 24.3 Å². The number of nitrogens with zero attached hydrogens (tertiary/aromatic N) is 1. The third-order valence-electron chi connectivity index (χ3n) is 2.63. The van der Waals surface area contributed by atoms with Crippen LogP contribution in [0, 0.1) is 5.82 Å². The molecule has 3 rings (SSSR count). The minimum absolute atomic E-state index is 0.325. The highest BCUT2D eigenvalue weighted by Crippen LogP contribution is 2.31. The molecule has 0 bridgehead atoms. The van der Waals surface area contributed by atoms with Gasteiger partial charge < -0.3 is 0 Å². The summed E-state index contributed by atoms with van der Waals surface area (Å²) in [6.07, 6.45) is 0. The molecule has 3 aromatic rings. The van der Waals surface area contributed by atoms with Crippen LogP contribution in [0.1, 0.15) is 0 Å². The first-order chi connectivity index (χ1) is 8.15. The molecule has 0 aliphatic rings. The van der Waals surface area contributed by atoms with E-state index in [2.05, 4.69) is 4.98 Å². The number of rotatable bonds is 0. The second kappa shape index (κ2) is 3.83. The lowest BCUT2D eigenvalue weighted by Gasteiger charge is -2.05. The summed E-state index contributed by atoms with van der Waals surface area (Å²) in [5.74, 6) is -0.325. The molecule has 4 heteroatoms. The molecule has 17 heavy (non-hydrogen) atoms. The molecule has 0 aliphatic carbocycles. The molecule has 0 saturated carbocycles. The van der Waals surface area contributed by atoms with Gasteiger partial charge in [-0.25, -0.2) is 9.37 Å². The largest absolute Gasteiger partial charge is 0.248 e. The molecule has 0 N–H and O–H groups in total. The highest BCUT2D eigenvalue weighted by atomic mass is 35.5. The maximum absolute atomic E-state index is 13.2. The Morgan fingerprint density at radius 1 is 0.882 bits per heavy atom. The van der Waals surface area contributed by atoms with E-state index in [9.17, 15) is 4.39 Å². The fourth-order valence-corrected chi connectivity index (χ4v) is 2.32. The van der Waals surface area contributed by atoms with Crippen LogP contribution in [0.2, 0.25) is 10.0 Å². The molecule has 84 valence electrons. The first-order valence-corrected chi connectivity index (χ1v) is 5.75. The monoisotopic (exact) mass is 265 g/mol. The van der Waals surface area contributed by atoms with Gasteiger partial charge in [0.05, 0.1) is 16.1 Å². The van der Waals surface area contributed by atoms with Crippen molar-refractivity contribution in [3.05, 3.63) is 52.3 Å². The number of benzene rings is 2. The Morgan fingerprint density at radius 3 is 2.53 bits per heavy atom. The Hall–Kier alpha value is -1.38. The fraction of sp³-hybridized carbons (Fsp3) is 0. The Labute approximate surface area is 107 Å². The van der Waals surface area contributed by atoms with Gasteiger partial charge in [0.2, 0.25) is 0 Å². The van der Waals surface area contributed by atoms with Crippen LogP contribution in [0.15, 0.2) is 36.4 Å². The van der Waals surface area contributed by atoms with Gasteiger partial charge in [-0.2, -0.15) is 0 Å². The van der Waals surface area contributed by atoms with Gasteiger partial charge in [0.1, 0.15) is 5.82 Å². The van der Waals surface area contributed by atoms with Crippen molar-refractivity contribution < 1.29 is 4.39 Å². The number of hydrogen-bond donors (Lipinski definition) is 0. The molecule has 0 saturated heterocycles. The normalized spacial score (nSPS) is 11.2. The lowest BCUT2D eigenvalue weighted by molar-refractivity contribution is 0.629. The predicted octanol–water partition coefficient (Wildman–Crippen LogP) is 4.83. The van der Waals surface area contributed by atoms with Gasteiger partial charge >= 0.3 is 0 Å². The lowest BCUT2D eigenvalue weighted by Crippen LogP contribution is -1.86. The summed E-state index contributed by atoms with van der Waals surface area (Å²) in [5.41, 5.74) is 1.37. The molecule has 1 nitrogen and oxygen atoms in total. The highest BCUT2D eigenvalue weighted by Gasteiger charge is 2.08. The van der Waals surface area contributed by atoms with Gasteiger partial charge in [-0.15, -0.1) is 0 Å². The zero-order chi connectivity index (χ0) is 12.0. The van der Waals surface area contributed by atoms with Crippen molar-refractivity contribution in [2.45, 2.75) is 0 Å². The topological polar surface area (TPSA) is 12.9 Å². The first kappa shape index (κ1) is 10.8. The third kappa shape index (κ3) is 1.74.